The second kappa shape index (κ2) is 6.82. The molecule has 0 saturated carbocycles. The summed E-state index contributed by atoms with van der Waals surface area (Å²) in [5, 5.41) is 13.6. The number of rotatable bonds is 4. The molecule has 1 heterocycles. The van der Waals surface area contributed by atoms with Crippen molar-refractivity contribution >= 4 is 23.2 Å². The fraction of sp³-hybridized carbons (Fsp3) is 0.200. The summed E-state index contributed by atoms with van der Waals surface area (Å²) < 4.78 is 5.25. The number of carbonyl (C=O) groups excluding carboxylic acids is 2. The standard InChI is InChI=1S/C15H16N4O5/c1-8-6-11(9(2)24-8)14(20)17-18-15(21)12-7-10(19(22)23)4-5-13(12)16-3/h4-7,16H,1-3H3,(H,17,20)(H,18,21). The Kier molecular flexibility index (Phi) is 4.83. The van der Waals surface area contributed by atoms with Gasteiger partial charge in [-0.1, -0.05) is 0 Å². The molecule has 0 atom stereocenters. The summed E-state index contributed by atoms with van der Waals surface area (Å²) in [6.07, 6.45) is 0. The van der Waals surface area contributed by atoms with Crippen molar-refractivity contribution in [2.24, 2.45) is 0 Å². The predicted octanol–water partition coefficient (Wildman–Crippen LogP) is 1.92. The summed E-state index contributed by atoms with van der Waals surface area (Å²) in [6, 6.07) is 5.36. The lowest BCUT2D eigenvalue weighted by Crippen LogP contribution is -2.41. The Morgan fingerprint density at radius 3 is 2.21 bits per heavy atom. The zero-order valence-electron chi connectivity index (χ0n) is 13.3. The number of nitro groups is 1. The number of non-ortho nitro benzene ring substituents is 1. The molecule has 0 aliphatic heterocycles. The third kappa shape index (κ3) is 3.51. The van der Waals surface area contributed by atoms with Gasteiger partial charge in [-0.2, -0.15) is 0 Å². The summed E-state index contributed by atoms with van der Waals surface area (Å²) in [4.78, 5) is 34.5. The fourth-order valence-electron chi connectivity index (χ4n) is 2.16. The molecule has 2 amide bonds. The molecule has 0 aliphatic rings. The van der Waals surface area contributed by atoms with Crippen LogP contribution in [0.15, 0.2) is 28.7 Å². The van der Waals surface area contributed by atoms with Gasteiger partial charge in [0.25, 0.3) is 17.5 Å². The van der Waals surface area contributed by atoms with Gasteiger partial charge in [0.05, 0.1) is 16.1 Å². The number of furan rings is 1. The van der Waals surface area contributed by atoms with Crippen molar-refractivity contribution in [2.45, 2.75) is 13.8 Å². The van der Waals surface area contributed by atoms with Gasteiger partial charge in [0, 0.05) is 24.9 Å². The number of amides is 2. The zero-order chi connectivity index (χ0) is 17.9. The van der Waals surface area contributed by atoms with Gasteiger partial charge in [-0.25, -0.2) is 0 Å². The molecule has 0 aliphatic carbocycles. The van der Waals surface area contributed by atoms with Crippen molar-refractivity contribution in [2.75, 3.05) is 12.4 Å². The van der Waals surface area contributed by atoms with Crippen LogP contribution < -0.4 is 16.2 Å². The Labute approximate surface area is 137 Å². The molecule has 24 heavy (non-hydrogen) atoms. The Balaban J connectivity index is 2.15. The summed E-state index contributed by atoms with van der Waals surface area (Å²) >= 11 is 0. The van der Waals surface area contributed by atoms with E-state index in [1.54, 1.807) is 27.0 Å². The highest BCUT2D eigenvalue weighted by Crippen LogP contribution is 2.21. The largest absolute Gasteiger partial charge is 0.466 e. The van der Waals surface area contributed by atoms with Crippen molar-refractivity contribution in [3.05, 3.63) is 57.0 Å². The van der Waals surface area contributed by atoms with E-state index in [4.69, 9.17) is 4.42 Å². The van der Waals surface area contributed by atoms with E-state index in [1.807, 2.05) is 0 Å². The van der Waals surface area contributed by atoms with E-state index in [0.29, 0.717) is 22.8 Å². The Morgan fingerprint density at radius 2 is 1.71 bits per heavy atom. The zero-order valence-corrected chi connectivity index (χ0v) is 13.3. The van der Waals surface area contributed by atoms with Crippen molar-refractivity contribution in [1.29, 1.82) is 0 Å². The fourth-order valence-corrected chi connectivity index (χ4v) is 2.16. The molecule has 3 N–H and O–H groups in total. The quantitative estimate of drug-likeness (QED) is 0.580. The Hall–Kier alpha value is -3.36. The van der Waals surface area contributed by atoms with Crippen LogP contribution in [0.25, 0.3) is 0 Å². The number of nitrogens with one attached hydrogen (secondary N) is 3. The molecule has 0 bridgehead atoms. The monoisotopic (exact) mass is 332 g/mol. The maximum atomic E-state index is 12.2. The van der Waals surface area contributed by atoms with E-state index in [1.165, 1.54) is 12.1 Å². The smallest absolute Gasteiger partial charge is 0.273 e. The van der Waals surface area contributed by atoms with Crippen molar-refractivity contribution in [3.63, 3.8) is 0 Å². The third-order valence-electron chi connectivity index (χ3n) is 3.30. The summed E-state index contributed by atoms with van der Waals surface area (Å²) in [5.74, 6) is -0.242. The minimum absolute atomic E-state index is 0.0343. The average Bonchev–Trinajstić information content (AvgIpc) is 2.90. The van der Waals surface area contributed by atoms with Gasteiger partial charge in [-0.3, -0.25) is 30.6 Å². The third-order valence-corrected chi connectivity index (χ3v) is 3.30. The highest BCUT2D eigenvalue weighted by Gasteiger charge is 2.18. The van der Waals surface area contributed by atoms with Gasteiger partial charge in [-0.05, 0) is 26.0 Å². The summed E-state index contributed by atoms with van der Waals surface area (Å²) in [5.41, 5.74) is 4.98. The van der Waals surface area contributed by atoms with Crippen LogP contribution in [-0.2, 0) is 0 Å². The van der Waals surface area contributed by atoms with Crippen molar-refractivity contribution in [1.82, 2.24) is 10.9 Å². The Morgan fingerprint density at radius 1 is 1.08 bits per heavy atom. The van der Waals surface area contributed by atoms with Crippen LogP contribution in [0.4, 0.5) is 11.4 Å². The second-order valence-corrected chi connectivity index (χ2v) is 4.97. The van der Waals surface area contributed by atoms with E-state index >= 15 is 0 Å². The van der Waals surface area contributed by atoms with E-state index < -0.39 is 16.7 Å². The van der Waals surface area contributed by atoms with E-state index in [-0.39, 0.29) is 11.3 Å². The molecule has 0 saturated heterocycles. The summed E-state index contributed by atoms with van der Waals surface area (Å²) in [6.45, 7) is 3.33. The molecule has 1 aromatic carbocycles. The Bertz CT molecular complexity index is 812. The maximum Gasteiger partial charge on any atom is 0.273 e. The molecular weight excluding hydrogens is 316 g/mol. The average molecular weight is 332 g/mol. The number of hydrogen-bond donors (Lipinski definition) is 3. The second-order valence-electron chi connectivity index (χ2n) is 4.97. The summed E-state index contributed by atoms with van der Waals surface area (Å²) in [7, 11) is 1.58. The van der Waals surface area contributed by atoms with Gasteiger partial charge in [-0.15, -0.1) is 0 Å². The molecule has 2 rings (SSSR count). The van der Waals surface area contributed by atoms with Crippen LogP contribution in [0.3, 0.4) is 0 Å². The molecule has 0 unspecified atom stereocenters. The lowest BCUT2D eigenvalue weighted by Gasteiger charge is -2.10. The van der Waals surface area contributed by atoms with Crippen molar-refractivity contribution < 1.29 is 18.9 Å². The number of anilines is 1. The van der Waals surface area contributed by atoms with Gasteiger partial charge in [0.2, 0.25) is 0 Å². The predicted molar refractivity (Wildman–Crippen MR) is 85.8 cm³/mol. The number of benzene rings is 1. The maximum absolute atomic E-state index is 12.2. The highest BCUT2D eigenvalue weighted by atomic mass is 16.6. The minimum atomic E-state index is -0.686. The number of nitrogens with zero attached hydrogens (tertiary/aromatic N) is 1. The lowest BCUT2D eigenvalue weighted by atomic mass is 10.1. The first-order chi connectivity index (χ1) is 11.3. The van der Waals surface area contributed by atoms with Crippen LogP contribution in [0.2, 0.25) is 0 Å². The van der Waals surface area contributed by atoms with Gasteiger partial charge < -0.3 is 9.73 Å². The van der Waals surface area contributed by atoms with E-state index in [0.717, 1.165) is 6.07 Å². The minimum Gasteiger partial charge on any atom is -0.466 e. The van der Waals surface area contributed by atoms with E-state index in [2.05, 4.69) is 16.2 Å². The number of hydrazine groups is 1. The number of hydrogen-bond acceptors (Lipinski definition) is 6. The molecule has 0 spiro atoms. The van der Waals surface area contributed by atoms with Gasteiger partial charge in [0.15, 0.2) is 0 Å². The highest BCUT2D eigenvalue weighted by molar-refractivity contribution is 6.02. The lowest BCUT2D eigenvalue weighted by molar-refractivity contribution is -0.384. The first-order valence-corrected chi connectivity index (χ1v) is 6.97. The van der Waals surface area contributed by atoms with Crippen LogP contribution >= 0.6 is 0 Å². The topological polar surface area (TPSA) is 127 Å². The van der Waals surface area contributed by atoms with Crippen LogP contribution in [0.1, 0.15) is 32.2 Å². The molecule has 9 nitrogen and oxygen atoms in total. The van der Waals surface area contributed by atoms with Crippen molar-refractivity contribution in [3.8, 4) is 0 Å². The molecule has 126 valence electrons. The normalized spacial score (nSPS) is 10.1. The van der Waals surface area contributed by atoms with Crippen LogP contribution in [-0.4, -0.2) is 23.8 Å². The molecule has 2 aromatic rings. The van der Waals surface area contributed by atoms with Gasteiger partial charge >= 0.3 is 0 Å². The van der Waals surface area contributed by atoms with Crippen LogP contribution in [0, 0.1) is 24.0 Å². The molecule has 9 heteroatoms. The first kappa shape index (κ1) is 17.0. The number of carbonyl (C=O) groups is 2. The molecular formula is C15H16N4O5. The first-order valence-electron chi connectivity index (χ1n) is 6.97. The molecule has 1 aromatic heterocycles. The number of aryl methyl sites for hydroxylation is 2. The molecule has 0 fully saturated rings. The van der Waals surface area contributed by atoms with Crippen LogP contribution in [0.5, 0.6) is 0 Å². The number of nitro benzene ring substituents is 1. The molecule has 0 radical (unpaired) electrons. The van der Waals surface area contributed by atoms with E-state index in [9.17, 15) is 19.7 Å². The SMILES string of the molecule is CNc1ccc([N+](=O)[O-])cc1C(=O)NNC(=O)c1cc(C)oc1C. The van der Waals surface area contributed by atoms with Gasteiger partial charge in [0.1, 0.15) is 11.5 Å².